The molecule has 0 fully saturated rings. The van der Waals surface area contributed by atoms with Gasteiger partial charge in [0.1, 0.15) is 5.75 Å². The molecule has 3 heteroatoms. The van der Waals surface area contributed by atoms with Crippen LogP contribution >= 0.6 is 35.2 Å². The maximum absolute atomic E-state index is 5.76. The van der Waals surface area contributed by atoms with Crippen LogP contribution in [0.5, 0.6) is 5.75 Å². The summed E-state index contributed by atoms with van der Waals surface area (Å²) in [4.78, 5) is 0. The van der Waals surface area contributed by atoms with E-state index in [4.69, 9.17) is 4.74 Å². The monoisotopic (exact) mass is 378 g/mol. The molecule has 0 radical (unpaired) electrons. The SMILES string of the molecule is SCCCCCCCCCOc1ccccc1I. The van der Waals surface area contributed by atoms with Crippen molar-refractivity contribution in [1.29, 1.82) is 0 Å². The van der Waals surface area contributed by atoms with Gasteiger partial charge < -0.3 is 4.74 Å². The first-order chi connectivity index (χ1) is 8.84. The number of hydrogen-bond acceptors (Lipinski definition) is 2. The zero-order valence-corrected chi connectivity index (χ0v) is 14.0. The summed E-state index contributed by atoms with van der Waals surface area (Å²) in [7, 11) is 0. The van der Waals surface area contributed by atoms with E-state index >= 15 is 0 Å². The Morgan fingerprint density at radius 2 is 1.50 bits per heavy atom. The van der Waals surface area contributed by atoms with Crippen molar-refractivity contribution in [3.63, 3.8) is 0 Å². The fourth-order valence-corrected chi connectivity index (χ4v) is 2.61. The second-order valence-corrected chi connectivity index (χ2v) is 6.09. The summed E-state index contributed by atoms with van der Waals surface area (Å²) in [5.74, 6) is 2.05. The molecule has 1 aromatic rings. The van der Waals surface area contributed by atoms with Crippen LogP contribution in [0.25, 0.3) is 0 Å². The zero-order valence-electron chi connectivity index (χ0n) is 10.9. The normalized spacial score (nSPS) is 10.6. The Morgan fingerprint density at radius 3 is 2.17 bits per heavy atom. The summed E-state index contributed by atoms with van der Waals surface area (Å²) in [6.07, 6.45) is 9.10. The Morgan fingerprint density at radius 1 is 0.889 bits per heavy atom. The highest BCUT2D eigenvalue weighted by Gasteiger charge is 1.98. The average Bonchev–Trinajstić information content (AvgIpc) is 2.39. The second kappa shape index (κ2) is 11.0. The van der Waals surface area contributed by atoms with E-state index in [2.05, 4.69) is 41.3 Å². The highest BCUT2D eigenvalue weighted by Crippen LogP contribution is 2.20. The number of ether oxygens (including phenoxy) is 1. The number of unbranched alkanes of at least 4 members (excludes halogenated alkanes) is 6. The van der Waals surface area contributed by atoms with Crippen molar-refractivity contribution >= 4 is 35.2 Å². The summed E-state index contributed by atoms with van der Waals surface area (Å²) in [6, 6.07) is 8.19. The van der Waals surface area contributed by atoms with Crippen LogP contribution in [-0.4, -0.2) is 12.4 Å². The lowest BCUT2D eigenvalue weighted by atomic mass is 10.1. The Labute approximate surface area is 130 Å². The van der Waals surface area contributed by atoms with E-state index in [1.54, 1.807) is 0 Å². The minimum Gasteiger partial charge on any atom is -0.492 e. The summed E-state index contributed by atoms with van der Waals surface area (Å²) in [5, 5.41) is 0. The first kappa shape index (κ1) is 16.2. The number of thiol groups is 1. The van der Waals surface area contributed by atoms with Gasteiger partial charge in [0.2, 0.25) is 0 Å². The molecule has 102 valence electrons. The average molecular weight is 378 g/mol. The van der Waals surface area contributed by atoms with Gasteiger partial charge in [0.05, 0.1) is 10.2 Å². The standard InChI is InChI=1S/C15H23IOS/c16-14-10-6-7-11-15(14)17-12-8-4-2-1-3-5-9-13-18/h6-7,10-11,18H,1-5,8-9,12-13H2. The topological polar surface area (TPSA) is 9.23 Å². The molecule has 0 N–H and O–H groups in total. The van der Waals surface area contributed by atoms with Crippen LogP contribution in [0.15, 0.2) is 24.3 Å². The van der Waals surface area contributed by atoms with Crippen LogP contribution in [0, 0.1) is 3.57 Å². The third kappa shape index (κ3) is 7.52. The first-order valence-corrected chi connectivity index (χ1v) is 8.54. The Balaban J connectivity index is 1.94. The maximum atomic E-state index is 5.76. The molecule has 0 aromatic heterocycles. The molecule has 0 bridgehead atoms. The molecule has 1 aromatic carbocycles. The van der Waals surface area contributed by atoms with E-state index in [1.165, 1.54) is 42.1 Å². The second-order valence-electron chi connectivity index (χ2n) is 4.48. The molecule has 0 aliphatic heterocycles. The van der Waals surface area contributed by atoms with Crippen LogP contribution in [0.3, 0.4) is 0 Å². The molecule has 0 heterocycles. The fraction of sp³-hybridized carbons (Fsp3) is 0.600. The van der Waals surface area contributed by atoms with Gasteiger partial charge in [0.15, 0.2) is 0 Å². The lowest BCUT2D eigenvalue weighted by Gasteiger charge is -2.07. The van der Waals surface area contributed by atoms with Crippen LogP contribution in [0.4, 0.5) is 0 Å². The van der Waals surface area contributed by atoms with E-state index in [-0.39, 0.29) is 0 Å². The van der Waals surface area contributed by atoms with Gasteiger partial charge in [-0.1, -0.05) is 44.2 Å². The lowest BCUT2D eigenvalue weighted by Crippen LogP contribution is -1.98. The van der Waals surface area contributed by atoms with Gasteiger partial charge in [-0.2, -0.15) is 12.6 Å². The molecular formula is C15H23IOS. The van der Waals surface area contributed by atoms with Gasteiger partial charge in [-0.3, -0.25) is 0 Å². The molecule has 0 amide bonds. The van der Waals surface area contributed by atoms with Crippen molar-refractivity contribution < 1.29 is 4.74 Å². The summed E-state index contributed by atoms with van der Waals surface area (Å²) in [5.41, 5.74) is 0. The molecule has 18 heavy (non-hydrogen) atoms. The first-order valence-electron chi connectivity index (χ1n) is 6.83. The quantitative estimate of drug-likeness (QED) is 0.329. The van der Waals surface area contributed by atoms with Crippen molar-refractivity contribution in [3.8, 4) is 5.75 Å². The van der Waals surface area contributed by atoms with Crippen LogP contribution in [0.1, 0.15) is 44.9 Å². The van der Waals surface area contributed by atoms with E-state index in [0.717, 1.165) is 24.5 Å². The Kier molecular flexibility index (Phi) is 9.85. The van der Waals surface area contributed by atoms with Crippen molar-refractivity contribution in [2.75, 3.05) is 12.4 Å². The molecule has 1 nitrogen and oxygen atoms in total. The predicted octanol–water partition coefficient (Wildman–Crippen LogP) is 5.33. The minimum atomic E-state index is 0.844. The number of hydrogen-bond donors (Lipinski definition) is 1. The smallest absolute Gasteiger partial charge is 0.132 e. The van der Waals surface area contributed by atoms with E-state index in [9.17, 15) is 0 Å². The molecule has 0 atom stereocenters. The van der Waals surface area contributed by atoms with Gasteiger partial charge in [-0.05, 0) is 53.3 Å². The third-order valence-electron chi connectivity index (χ3n) is 2.90. The van der Waals surface area contributed by atoms with E-state index < -0.39 is 0 Å². The predicted molar refractivity (Wildman–Crippen MR) is 90.8 cm³/mol. The molecule has 0 spiro atoms. The lowest BCUT2D eigenvalue weighted by molar-refractivity contribution is 0.302. The van der Waals surface area contributed by atoms with Crippen LogP contribution in [-0.2, 0) is 0 Å². The highest BCUT2D eigenvalue weighted by molar-refractivity contribution is 14.1. The summed E-state index contributed by atoms with van der Waals surface area (Å²) >= 11 is 6.53. The van der Waals surface area contributed by atoms with Crippen LogP contribution in [0.2, 0.25) is 0 Å². The molecule has 0 unspecified atom stereocenters. The van der Waals surface area contributed by atoms with E-state index in [0.29, 0.717) is 0 Å². The van der Waals surface area contributed by atoms with Gasteiger partial charge in [-0.15, -0.1) is 0 Å². The molecule has 1 rings (SSSR count). The van der Waals surface area contributed by atoms with E-state index in [1.807, 2.05) is 18.2 Å². The maximum Gasteiger partial charge on any atom is 0.132 e. The number of rotatable bonds is 10. The number of halogens is 1. The van der Waals surface area contributed by atoms with Gasteiger partial charge in [-0.25, -0.2) is 0 Å². The van der Waals surface area contributed by atoms with Gasteiger partial charge in [0, 0.05) is 0 Å². The number of para-hydroxylation sites is 1. The van der Waals surface area contributed by atoms with Crippen molar-refractivity contribution in [1.82, 2.24) is 0 Å². The summed E-state index contributed by atoms with van der Waals surface area (Å²) in [6.45, 7) is 0.844. The molecule has 0 saturated heterocycles. The minimum absolute atomic E-state index is 0.844. The summed E-state index contributed by atoms with van der Waals surface area (Å²) < 4.78 is 6.96. The third-order valence-corrected chi connectivity index (χ3v) is 4.10. The molecule has 0 aliphatic carbocycles. The number of benzene rings is 1. The van der Waals surface area contributed by atoms with Crippen molar-refractivity contribution in [3.05, 3.63) is 27.8 Å². The molecular weight excluding hydrogens is 355 g/mol. The molecule has 0 saturated carbocycles. The largest absolute Gasteiger partial charge is 0.492 e. The fourth-order valence-electron chi connectivity index (χ4n) is 1.84. The van der Waals surface area contributed by atoms with Crippen molar-refractivity contribution in [2.45, 2.75) is 44.9 Å². The Hall–Kier alpha value is 0.100. The highest BCUT2D eigenvalue weighted by atomic mass is 127. The zero-order chi connectivity index (χ0) is 13.1. The van der Waals surface area contributed by atoms with Crippen LogP contribution < -0.4 is 4.74 Å². The molecule has 0 aliphatic rings. The van der Waals surface area contributed by atoms with Gasteiger partial charge in [0.25, 0.3) is 0 Å². The van der Waals surface area contributed by atoms with Gasteiger partial charge >= 0.3 is 0 Å². The van der Waals surface area contributed by atoms with Crippen molar-refractivity contribution in [2.24, 2.45) is 0 Å². The Bertz CT molecular complexity index is 317.